The molecule has 162 valence electrons. The number of anilines is 1. The largest absolute Gasteiger partial charge is 0.497 e. The van der Waals surface area contributed by atoms with Crippen LogP contribution in [-0.4, -0.2) is 63.2 Å². The van der Waals surface area contributed by atoms with E-state index in [2.05, 4.69) is 5.32 Å². The Morgan fingerprint density at radius 3 is 2.23 bits per heavy atom. The van der Waals surface area contributed by atoms with Crippen LogP contribution >= 0.6 is 0 Å². The molecular formula is C21H27N3O5S. The van der Waals surface area contributed by atoms with E-state index in [0.29, 0.717) is 24.5 Å². The number of carbonyl (C=O) groups is 2. The molecule has 0 aromatic heterocycles. The number of rotatable bonds is 9. The fourth-order valence-corrected chi connectivity index (χ4v) is 4.39. The molecule has 8 nitrogen and oxygen atoms in total. The van der Waals surface area contributed by atoms with E-state index in [1.807, 2.05) is 0 Å². The number of ether oxygens (including phenoxy) is 1. The lowest BCUT2D eigenvalue weighted by Gasteiger charge is -2.20. The first-order valence-corrected chi connectivity index (χ1v) is 11.0. The van der Waals surface area contributed by atoms with Gasteiger partial charge in [0.2, 0.25) is 15.9 Å². The van der Waals surface area contributed by atoms with E-state index in [4.69, 9.17) is 4.74 Å². The number of likely N-dealkylation sites (N-methyl/N-ethyl adjacent to an activating group) is 1. The summed E-state index contributed by atoms with van der Waals surface area (Å²) < 4.78 is 31.8. The number of nitrogens with zero attached hydrogens (tertiary/aromatic N) is 2. The van der Waals surface area contributed by atoms with Crippen molar-refractivity contribution < 1.29 is 22.7 Å². The molecule has 0 saturated carbocycles. The molecule has 9 heteroatoms. The Balaban J connectivity index is 2.09. The fourth-order valence-electron chi connectivity index (χ4n) is 2.88. The van der Waals surface area contributed by atoms with Gasteiger partial charge in [0.05, 0.1) is 18.6 Å². The summed E-state index contributed by atoms with van der Waals surface area (Å²) in [5.74, 6) is -0.153. The highest BCUT2D eigenvalue weighted by atomic mass is 32.2. The molecular weight excluding hydrogens is 406 g/mol. The third kappa shape index (κ3) is 5.58. The van der Waals surface area contributed by atoms with Crippen LogP contribution in [0.2, 0.25) is 0 Å². The van der Waals surface area contributed by atoms with Crippen molar-refractivity contribution in [3.05, 3.63) is 54.1 Å². The summed E-state index contributed by atoms with van der Waals surface area (Å²) in [4.78, 5) is 26.3. The first-order valence-electron chi connectivity index (χ1n) is 9.52. The summed E-state index contributed by atoms with van der Waals surface area (Å²) in [6.07, 6.45) is 0. The lowest BCUT2D eigenvalue weighted by molar-refractivity contribution is -0.116. The van der Waals surface area contributed by atoms with Gasteiger partial charge in [-0.25, -0.2) is 8.42 Å². The van der Waals surface area contributed by atoms with Crippen LogP contribution in [0, 0.1) is 0 Å². The van der Waals surface area contributed by atoms with Crippen molar-refractivity contribution in [3.63, 3.8) is 0 Å². The van der Waals surface area contributed by atoms with E-state index in [1.54, 1.807) is 45.2 Å². The van der Waals surface area contributed by atoms with Gasteiger partial charge in [0, 0.05) is 31.4 Å². The average molecular weight is 434 g/mol. The molecule has 0 radical (unpaired) electrons. The number of methoxy groups -OCH3 is 1. The minimum Gasteiger partial charge on any atom is -0.497 e. The highest BCUT2D eigenvalue weighted by Gasteiger charge is 2.23. The quantitative estimate of drug-likeness (QED) is 0.655. The molecule has 0 aliphatic rings. The third-order valence-electron chi connectivity index (χ3n) is 4.53. The van der Waals surface area contributed by atoms with Gasteiger partial charge < -0.3 is 15.0 Å². The molecule has 1 N–H and O–H groups in total. The summed E-state index contributed by atoms with van der Waals surface area (Å²) in [5, 5.41) is 2.71. The maximum absolute atomic E-state index is 12.7. The smallest absolute Gasteiger partial charge is 0.254 e. The van der Waals surface area contributed by atoms with Crippen LogP contribution in [0.4, 0.5) is 5.69 Å². The highest BCUT2D eigenvalue weighted by Crippen LogP contribution is 2.18. The van der Waals surface area contributed by atoms with Crippen molar-refractivity contribution in [3.8, 4) is 5.75 Å². The molecule has 0 atom stereocenters. The molecule has 0 saturated heterocycles. The molecule has 2 rings (SSSR count). The number of sulfonamides is 1. The van der Waals surface area contributed by atoms with Crippen molar-refractivity contribution in [1.82, 2.24) is 9.21 Å². The van der Waals surface area contributed by atoms with E-state index in [0.717, 1.165) is 0 Å². The number of hydrogen-bond acceptors (Lipinski definition) is 5. The maximum Gasteiger partial charge on any atom is 0.254 e. The van der Waals surface area contributed by atoms with Gasteiger partial charge in [0.1, 0.15) is 5.75 Å². The summed E-state index contributed by atoms with van der Waals surface area (Å²) in [6.45, 7) is 4.00. The topological polar surface area (TPSA) is 96.0 Å². The number of carbonyl (C=O) groups excluding carboxylic acids is 2. The lowest BCUT2D eigenvalue weighted by Crippen LogP contribution is -2.35. The molecule has 2 amide bonds. The first kappa shape index (κ1) is 23.4. The Morgan fingerprint density at radius 2 is 1.67 bits per heavy atom. The summed E-state index contributed by atoms with van der Waals surface area (Å²) in [7, 11) is -0.640. The molecule has 0 unspecified atom stereocenters. The van der Waals surface area contributed by atoms with Gasteiger partial charge in [-0.1, -0.05) is 19.9 Å². The van der Waals surface area contributed by atoms with Crippen LogP contribution in [-0.2, 0) is 14.8 Å². The third-order valence-corrected chi connectivity index (χ3v) is 6.57. The van der Waals surface area contributed by atoms with E-state index >= 15 is 0 Å². The fraction of sp³-hybridized carbons (Fsp3) is 0.333. The summed E-state index contributed by atoms with van der Waals surface area (Å²) in [5.41, 5.74) is 0.775. The van der Waals surface area contributed by atoms with Gasteiger partial charge in [0.25, 0.3) is 5.91 Å². The zero-order valence-corrected chi connectivity index (χ0v) is 18.4. The van der Waals surface area contributed by atoms with Crippen LogP contribution in [0.1, 0.15) is 24.2 Å². The Kier molecular flexibility index (Phi) is 7.96. The van der Waals surface area contributed by atoms with Gasteiger partial charge in [-0.15, -0.1) is 0 Å². The van der Waals surface area contributed by atoms with Gasteiger partial charge in [-0.2, -0.15) is 4.31 Å². The SMILES string of the molecule is CCN(CC)S(=O)(=O)c1cccc(C(=O)N(C)CC(=O)Nc2ccc(OC)cc2)c1. The van der Waals surface area contributed by atoms with Gasteiger partial charge in [-0.3, -0.25) is 9.59 Å². The van der Waals surface area contributed by atoms with Crippen molar-refractivity contribution in [2.24, 2.45) is 0 Å². The van der Waals surface area contributed by atoms with Crippen molar-refractivity contribution in [2.75, 3.05) is 39.1 Å². The highest BCUT2D eigenvalue weighted by molar-refractivity contribution is 7.89. The average Bonchev–Trinajstić information content (AvgIpc) is 2.74. The van der Waals surface area contributed by atoms with Gasteiger partial charge in [0.15, 0.2) is 0 Å². The van der Waals surface area contributed by atoms with Crippen molar-refractivity contribution in [1.29, 1.82) is 0 Å². The van der Waals surface area contributed by atoms with Crippen LogP contribution in [0.3, 0.4) is 0 Å². The van der Waals surface area contributed by atoms with E-state index in [-0.39, 0.29) is 22.9 Å². The van der Waals surface area contributed by atoms with Crippen LogP contribution in [0.5, 0.6) is 5.75 Å². The molecule has 2 aromatic rings. The number of nitrogens with one attached hydrogen (secondary N) is 1. The zero-order chi connectivity index (χ0) is 22.3. The summed E-state index contributed by atoms with van der Waals surface area (Å²) in [6, 6.07) is 12.7. The molecule has 0 aliphatic carbocycles. The second kappa shape index (κ2) is 10.2. The van der Waals surface area contributed by atoms with Crippen LogP contribution in [0.15, 0.2) is 53.4 Å². The standard InChI is InChI=1S/C21H27N3O5S/c1-5-24(6-2)30(27,28)19-9-7-8-16(14-19)21(26)23(3)15-20(25)22-17-10-12-18(29-4)13-11-17/h7-14H,5-6,15H2,1-4H3,(H,22,25). The van der Waals surface area contributed by atoms with Crippen molar-refractivity contribution >= 4 is 27.5 Å². The minimum absolute atomic E-state index is 0.0492. The Bertz CT molecular complexity index is 986. The number of hydrogen-bond donors (Lipinski definition) is 1. The monoisotopic (exact) mass is 433 g/mol. The molecule has 0 spiro atoms. The molecule has 2 aromatic carbocycles. The number of amides is 2. The second-order valence-electron chi connectivity index (χ2n) is 6.56. The number of benzene rings is 2. The Hall–Kier alpha value is -2.91. The van der Waals surface area contributed by atoms with E-state index < -0.39 is 15.9 Å². The maximum atomic E-state index is 12.7. The predicted molar refractivity (Wildman–Crippen MR) is 115 cm³/mol. The van der Waals surface area contributed by atoms with E-state index in [1.165, 1.54) is 40.5 Å². The Labute approximate surface area is 177 Å². The molecule has 0 bridgehead atoms. The van der Waals surface area contributed by atoms with Crippen LogP contribution in [0.25, 0.3) is 0 Å². The zero-order valence-electron chi connectivity index (χ0n) is 17.6. The predicted octanol–water partition coefficient (Wildman–Crippen LogP) is 2.44. The van der Waals surface area contributed by atoms with Gasteiger partial charge in [-0.05, 0) is 42.5 Å². The van der Waals surface area contributed by atoms with Crippen LogP contribution < -0.4 is 10.1 Å². The van der Waals surface area contributed by atoms with Crippen molar-refractivity contribution in [2.45, 2.75) is 18.7 Å². The lowest BCUT2D eigenvalue weighted by atomic mass is 10.2. The molecule has 30 heavy (non-hydrogen) atoms. The molecule has 0 fully saturated rings. The normalized spacial score (nSPS) is 11.2. The minimum atomic E-state index is -3.68. The second-order valence-corrected chi connectivity index (χ2v) is 8.49. The molecule has 0 aliphatic heterocycles. The molecule has 0 heterocycles. The van der Waals surface area contributed by atoms with E-state index in [9.17, 15) is 18.0 Å². The Morgan fingerprint density at radius 1 is 1.03 bits per heavy atom. The van der Waals surface area contributed by atoms with Gasteiger partial charge >= 0.3 is 0 Å². The summed E-state index contributed by atoms with van der Waals surface area (Å²) >= 11 is 0. The first-order chi connectivity index (χ1) is 14.2.